The molecule has 0 bridgehead atoms. The number of carbonyl (C=O) groups is 1. The van der Waals surface area contributed by atoms with E-state index >= 15 is 0 Å². The zero-order chi connectivity index (χ0) is 15.4. The molecule has 22 heavy (non-hydrogen) atoms. The minimum atomic E-state index is -0.0348. The molecular formula is C18H19NO2S. The van der Waals surface area contributed by atoms with E-state index in [-0.39, 0.29) is 12.0 Å². The molecule has 2 aromatic rings. The van der Waals surface area contributed by atoms with Gasteiger partial charge in [-0.05, 0) is 29.5 Å². The van der Waals surface area contributed by atoms with E-state index in [1.165, 1.54) is 11.1 Å². The predicted octanol–water partition coefficient (Wildman–Crippen LogP) is 3.28. The minimum absolute atomic E-state index is 0.0348. The fraction of sp³-hybridized carbons (Fsp3) is 0.278. The molecular weight excluding hydrogens is 294 g/mol. The van der Waals surface area contributed by atoms with E-state index in [1.807, 2.05) is 36.6 Å². The lowest BCUT2D eigenvalue weighted by Crippen LogP contribution is -2.36. The van der Waals surface area contributed by atoms with Gasteiger partial charge in [-0.3, -0.25) is 4.79 Å². The summed E-state index contributed by atoms with van der Waals surface area (Å²) in [5, 5.41) is 3.00. The summed E-state index contributed by atoms with van der Waals surface area (Å²) in [4.78, 5) is 13.3. The molecule has 0 saturated heterocycles. The first-order chi connectivity index (χ1) is 10.8. The van der Waals surface area contributed by atoms with Crippen molar-refractivity contribution >= 4 is 17.7 Å². The van der Waals surface area contributed by atoms with Crippen LogP contribution in [0.25, 0.3) is 0 Å². The van der Waals surface area contributed by atoms with Gasteiger partial charge < -0.3 is 10.1 Å². The standard InChI is InChI=1S/C18H19NO2S/c1-22-17-9-5-4-8-16(17)18(20)19-11-15-10-13-6-2-3-7-14(13)12-21-15/h2-9,15H,10-12H2,1H3,(H,19,20). The topological polar surface area (TPSA) is 38.3 Å². The van der Waals surface area contributed by atoms with E-state index < -0.39 is 0 Å². The number of thioether (sulfide) groups is 1. The number of hydrogen-bond acceptors (Lipinski definition) is 3. The molecule has 1 aliphatic heterocycles. The maximum Gasteiger partial charge on any atom is 0.252 e. The highest BCUT2D eigenvalue weighted by molar-refractivity contribution is 7.98. The number of fused-ring (bicyclic) bond motifs is 1. The molecule has 1 unspecified atom stereocenters. The second-order valence-corrected chi connectivity index (χ2v) is 6.16. The van der Waals surface area contributed by atoms with Gasteiger partial charge in [0.2, 0.25) is 0 Å². The maximum atomic E-state index is 12.3. The predicted molar refractivity (Wildman–Crippen MR) is 89.3 cm³/mol. The van der Waals surface area contributed by atoms with Crippen molar-refractivity contribution in [2.75, 3.05) is 12.8 Å². The van der Waals surface area contributed by atoms with Crippen LogP contribution in [0.3, 0.4) is 0 Å². The average Bonchev–Trinajstić information content (AvgIpc) is 2.59. The third-order valence-corrected chi connectivity index (χ3v) is 4.68. The van der Waals surface area contributed by atoms with E-state index in [2.05, 4.69) is 23.5 Å². The summed E-state index contributed by atoms with van der Waals surface area (Å²) in [6, 6.07) is 16.0. The third kappa shape index (κ3) is 3.34. The molecule has 1 aliphatic rings. The first-order valence-electron chi connectivity index (χ1n) is 7.37. The van der Waals surface area contributed by atoms with Crippen LogP contribution in [-0.2, 0) is 17.8 Å². The van der Waals surface area contributed by atoms with E-state index in [0.29, 0.717) is 13.2 Å². The SMILES string of the molecule is CSc1ccccc1C(=O)NCC1Cc2ccccc2CO1. The summed E-state index contributed by atoms with van der Waals surface area (Å²) >= 11 is 1.58. The lowest BCUT2D eigenvalue weighted by molar-refractivity contribution is 0.0284. The van der Waals surface area contributed by atoms with Gasteiger partial charge in [-0.2, -0.15) is 0 Å². The van der Waals surface area contributed by atoms with Gasteiger partial charge in [-0.15, -0.1) is 11.8 Å². The third-order valence-electron chi connectivity index (χ3n) is 3.88. The Labute approximate surface area is 135 Å². The Morgan fingerprint density at radius 1 is 1.18 bits per heavy atom. The average molecular weight is 313 g/mol. The number of nitrogens with one attached hydrogen (secondary N) is 1. The molecule has 114 valence electrons. The van der Waals surface area contributed by atoms with Crippen molar-refractivity contribution in [2.24, 2.45) is 0 Å². The quantitative estimate of drug-likeness (QED) is 0.880. The van der Waals surface area contributed by atoms with Gasteiger partial charge in [0.05, 0.1) is 18.3 Å². The minimum Gasteiger partial charge on any atom is -0.371 e. The molecule has 0 radical (unpaired) electrons. The first kappa shape index (κ1) is 15.1. The van der Waals surface area contributed by atoms with E-state index in [9.17, 15) is 4.79 Å². The smallest absolute Gasteiger partial charge is 0.252 e. The molecule has 1 N–H and O–H groups in total. The van der Waals surface area contributed by atoms with Crippen molar-refractivity contribution in [1.29, 1.82) is 0 Å². The molecule has 1 heterocycles. The largest absolute Gasteiger partial charge is 0.371 e. The van der Waals surface area contributed by atoms with Crippen molar-refractivity contribution in [3.8, 4) is 0 Å². The number of carbonyl (C=O) groups excluding carboxylic acids is 1. The zero-order valence-corrected chi connectivity index (χ0v) is 13.4. The summed E-state index contributed by atoms with van der Waals surface area (Å²) in [6.45, 7) is 1.16. The van der Waals surface area contributed by atoms with Crippen LogP contribution in [0.15, 0.2) is 53.4 Å². The molecule has 0 fully saturated rings. The fourth-order valence-corrected chi connectivity index (χ4v) is 3.27. The van der Waals surface area contributed by atoms with Gasteiger partial charge in [0, 0.05) is 17.9 Å². The van der Waals surface area contributed by atoms with Crippen LogP contribution in [-0.4, -0.2) is 24.8 Å². The Balaban J connectivity index is 1.60. The highest BCUT2D eigenvalue weighted by Crippen LogP contribution is 2.21. The fourth-order valence-electron chi connectivity index (χ4n) is 2.67. The van der Waals surface area contributed by atoms with Crippen LogP contribution in [0.4, 0.5) is 0 Å². The Morgan fingerprint density at radius 2 is 1.91 bits per heavy atom. The molecule has 0 spiro atoms. The molecule has 1 amide bonds. The molecule has 0 aromatic heterocycles. The van der Waals surface area contributed by atoms with Crippen LogP contribution in [0.5, 0.6) is 0 Å². The van der Waals surface area contributed by atoms with Crippen LogP contribution >= 0.6 is 11.8 Å². The highest BCUT2D eigenvalue weighted by Gasteiger charge is 2.20. The second-order valence-electron chi connectivity index (χ2n) is 5.32. The van der Waals surface area contributed by atoms with Crippen LogP contribution in [0.1, 0.15) is 21.5 Å². The summed E-state index contributed by atoms with van der Waals surface area (Å²) in [7, 11) is 0. The highest BCUT2D eigenvalue weighted by atomic mass is 32.2. The van der Waals surface area contributed by atoms with Gasteiger partial charge >= 0.3 is 0 Å². The van der Waals surface area contributed by atoms with Gasteiger partial charge in [0.15, 0.2) is 0 Å². The van der Waals surface area contributed by atoms with Crippen molar-refractivity contribution in [2.45, 2.75) is 24.0 Å². The lowest BCUT2D eigenvalue weighted by atomic mass is 9.99. The van der Waals surface area contributed by atoms with E-state index in [1.54, 1.807) is 11.8 Å². The van der Waals surface area contributed by atoms with E-state index in [4.69, 9.17) is 4.74 Å². The summed E-state index contributed by atoms with van der Waals surface area (Å²) in [5.41, 5.74) is 3.29. The van der Waals surface area contributed by atoms with Gasteiger partial charge in [-0.1, -0.05) is 36.4 Å². The molecule has 0 aliphatic carbocycles. The molecule has 1 atom stereocenters. The second kappa shape index (κ2) is 6.99. The molecule has 3 nitrogen and oxygen atoms in total. The number of hydrogen-bond donors (Lipinski definition) is 1. The Kier molecular flexibility index (Phi) is 4.80. The van der Waals surface area contributed by atoms with Crippen LogP contribution in [0, 0.1) is 0 Å². The summed E-state index contributed by atoms with van der Waals surface area (Å²) in [6.07, 6.45) is 2.87. The zero-order valence-electron chi connectivity index (χ0n) is 12.5. The number of ether oxygens (including phenoxy) is 1. The van der Waals surface area contributed by atoms with Crippen molar-refractivity contribution in [1.82, 2.24) is 5.32 Å². The summed E-state index contributed by atoms with van der Waals surface area (Å²) < 4.78 is 5.83. The van der Waals surface area contributed by atoms with Crippen molar-refractivity contribution in [3.63, 3.8) is 0 Å². The monoisotopic (exact) mass is 313 g/mol. The molecule has 2 aromatic carbocycles. The maximum absolute atomic E-state index is 12.3. The van der Waals surface area contributed by atoms with Crippen molar-refractivity contribution < 1.29 is 9.53 Å². The van der Waals surface area contributed by atoms with Gasteiger partial charge in [0.1, 0.15) is 0 Å². The Morgan fingerprint density at radius 3 is 2.73 bits per heavy atom. The Hall–Kier alpha value is -1.78. The number of rotatable bonds is 4. The summed E-state index contributed by atoms with van der Waals surface area (Å²) in [5.74, 6) is -0.0348. The Bertz CT molecular complexity index is 672. The van der Waals surface area contributed by atoms with Gasteiger partial charge in [-0.25, -0.2) is 0 Å². The van der Waals surface area contributed by atoms with Gasteiger partial charge in [0.25, 0.3) is 5.91 Å². The van der Waals surface area contributed by atoms with E-state index in [0.717, 1.165) is 16.9 Å². The van der Waals surface area contributed by atoms with Crippen LogP contribution in [0.2, 0.25) is 0 Å². The first-order valence-corrected chi connectivity index (χ1v) is 8.60. The lowest BCUT2D eigenvalue weighted by Gasteiger charge is -2.25. The molecule has 0 saturated carbocycles. The molecule has 3 rings (SSSR count). The number of benzene rings is 2. The number of amides is 1. The molecule has 4 heteroatoms. The van der Waals surface area contributed by atoms with Crippen molar-refractivity contribution in [3.05, 3.63) is 65.2 Å². The van der Waals surface area contributed by atoms with Crippen LogP contribution < -0.4 is 5.32 Å². The normalized spacial score (nSPS) is 16.9.